The number of aryl methyl sites for hydroxylation is 2. The van der Waals surface area contributed by atoms with Gasteiger partial charge < -0.3 is 20.3 Å². The van der Waals surface area contributed by atoms with Gasteiger partial charge in [-0.25, -0.2) is 8.78 Å². The molecule has 0 radical (unpaired) electrons. The summed E-state index contributed by atoms with van der Waals surface area (Å²) in [6.07, 6.45) is 6.19. The monoisotopic (exact) mass is 521 g/mol. The highest BCUT2D eigenvalue weighted by molar-refractivity contribution is 6.03. The van der Waals surface area contributed by atoms with E-state index in [1.54, 1.807) is 13.3 Å². The molecule has 2 N–H and O–H groups in total. The van der Waals surface area contributed by atoms with Gasteiger partial charge in [0.25, 0.3) is 5.91 Å². The van der Waals surface area contributed by atoms with Crippen LogP contribution in [-0.2, 0) is 4.74 Å². The van der Waals surface area contributed by atoms with Crippen molar-refractivity contribution in [2.75, 3.05) is 38.3 Å². The van der Waals surface area contributed by atoms with Crippen LogP contribution in [0.3, 0.4) is 0 Å². The number of rotatable bonds is 7. The van der Waals surface area contributed by atoms with Crippen LogP contribution < -0.4 is 15.5 Å². The third-order valence-electron chi connectivity index (χ3n) is 7.48. The third kappa shape index (κ3) is 5.39. The number of carbonyl (C=O) groups excluding carboxylic acids is 1. The van der Waals surface area contributed by atoms with Gasteiger partial charge in [-0.05, 0) is 75.0 Å². The molecule has 2 aromatic heterocycles. The van der Waals surface area contributed by atoms with Gasteiger partial charge in [0.15, 0.2) is 0 Å². The summed E-state index contributed by atoms with van der Waals surface area (Å²) in [5.41, 5.74) is 4.40. The van der Waals surface area contributed by atoms with Crippen molar-refractivity contribution >= 4 is 11.6 Å². The van der Waals surface area contributed by atoms with Crippen molar-refractivity contribution in [1.29, 1.82) is 0 Å². The third-order valence-corrected chi connectivity index (χ3v) is 7.48. The molecule has 0 unspecified atom stereocenters. The van der Waals surface area contributed by atoms with Gasteiger partial charge >= 0.3 is 0 Å². The van der Waals surface area contributed by atoms with E-state index in [1.807, 2.05) is 26.0 Å². The molecule has 5 rings (SSSR count). The van der Waals surface area contributed by atoms with E-state index in [4.69, 9.17) is 4.74 Å². The Labute approximate surface area is 221 Å². The van der Waals surface area contributed by atoms with Crippen molar-refractivity contribution in [1.82, 2.24) is 20.6 Å². The second kappa shape index (κ2) is 10.7. The number of halogens is 2. The van der Waals surface area contributed by atoms with E-state index in [0.29, 0.717) is 35.5 Å². The molecule has 2 fully saturated rings. The van der Waals surface area contributed by atoms with E-state index >= 15 is 0 Å². The van der Waals surface area contributed by atoms with Crippen molar-refractivity contribution in [3.05, 3.63) is 76.9 Å². The zero-order valence-corrected chi connectivity index (χ0v) is 22.0. The second-order valence-electron chi connectivity index (χ2n) is 10.4. The lowest BCUT2D eigenvalue weighted by atomic mass is 9.96. The van der Waals surface area contributed by atoms with Crippen LogP contribution in [0.5, 0.6) is 0 Å². The molecule has 4 heterocycles. The van der Waals surface area contributed by atoms with E-state index in [-0.39, 0.29) is 18.1 Å². The van der Waals surface area contributed by atoms with Crippen LogP contribution in [0.1, 0.15) is 52.6 Å². The Balaban J connectivity index is 1.56. The quantitative estimate of drug-likeness (QED) is 0.477. The molecule has 0 aliphatic carbocycles. The number of amides is 1. The maximum Gasteiger partial charge on any atom is 0.255 e. The number of carbonyl (C=O) groups is 1. The summed E-state index contributed by atoms with van der Waals surface area (Å²) in [6, 6.07) is 6.84. The highest BCUT2D eigenvalue weighted by atomic mass is 19.1. The molecule has 200 valence electrons. The first kappa shape index (κ1) is 26.2. The van der Waals surface area contributed by atoms with Gasteiger partial charge in [0.05, 0.1) is 23.9 Å². The highest BCUT2D eigenvalue weighted by Gasteiger charge is 2.41. The van der Waals surface area contributed by atoms with Gasteiger partial charge in [-0.2, -0.15) is 0 Å². The largest absolute Gasteiger partial charge is 0.382 e. The first-order valence-electron chi connectivity index (χ1n) is 13.0. The van der Waals surface area contributed by atoms with E-state index in [2.05, 4.69) is 25.5 Å². The molecular weight excluding hydrogens is 488 g/mol. The molecule has 1 amide bonds. The second-order valence-corrected chi connectivity index (χ2v) is 10.4. The minimum Gasteiger partial charge on any atom is -0.382 e. The molecule has 7 nitrogen and oxygen atoms in total. The van der Waals surface area contributed by atoms with Crippen molar-refractivity contribution in [3.63, 3.8) is 0 Å². The molecule has 2 aliphatic rings. The normalized spacial score (nSPS) is 19.8. The van der Waals surface area contributed by atoms with Crippen LogP contribution in [0.15, 0.2) is 42.7 Å². The maximum atomic E-state index is 14.2. The Morgan fingerprint density at radius 2 is 1.87 bits per heavy atom. The summed E-state index contributed by atoms with van der Waals surface area (Å²) in [5, 5.41) is 6.75. The number of benzene rings is 1. The molecule has 9 heteroatoms. The maximum absolute atomic E-state index is 14.2. The molecule has 38 heavy (non-hydrogen) atoms. The summed E-state index contributed by atoms with van der Waals surface area (Å²) >= 11 is 0. The fraction of sp³-hybridized carbons (Fsp3) is 0.414. The number of hydrogen-bond acceptors (Lipinski definition) is 6. The lowest BCUT2D eigenvalue weighted by Gasteiger charge is -2.28. The average molecular weight is 522 g/mol. The average Bonchev–Trinajstić information content (AvgIpc) is 3.51. The molecule has 0 saturated carbocycles. The predicted molar refractivity (Wildman–Crippen MR) is 142 cm³/mol. The summed E-state index contributed by atoms with van der Waals surface area (Å²) < 4.78 is 33.9. The molecule has 2 aliphatic heterocycles. The van der Waals surface area contributed by atoms with Crippen LogP contribution in [0.2, 0.25) is 0 Å². The number of anilines is 1. The smallest absolute Gasteiger partial charge is 0.255 e. The topological polar surface area (TPSA) is 79.4 Å². The Kier molecular flexibility index (Phi) is 7.40. The van der Waals surface area contributed by atoms with Crippen LogP contribution in [0.4, 0.5) is 14.5 Å². The number of hydrogen-bond donors (Lipinski definition) is 2. The predicted octanol–water partition coefficient (Wildman–Crippen LogP) is 4.49. The van der Waals surface area contributed by atoms with Gasteiger partial charge in [-0.1, -0.05) is 0 Å². The zero-order chi connectivity index (χ0) is 26.9. The summed E-state index contributed by atoms with van der Waals surface area (Å²) in [4.78, 5) is 24.8. The number of nitrogens with zero attached hydrogens (tertiary/aromatic N) is 3. The highest BCUT2D eigenvalue weighted by Crippen LogP contribution is 2.40. The minimum atomic E-state index is -0.681. The fourth-order valence-electron chi connectivity index (χ4n) is 5.85. The molecule has 3 aromatic rings. The Morgan fingerprint density at radius 1 is 1.13 bits per heavy atom. The van der Waals surface area contributed by atoms with Gasteiger partial charge in [-0.15, -0.1) is 0 Å². The minimum absolute atomic E-state index is 0.0217. The first-order valence-corrected chi connectivity index (χ1v) is 13.0. The molecular formula is C29H33F2N5O2. The summed E-state index contributed by atoms with van der Waals surface area (Å²) in [6.45, 7) is 6.46. The number of aromatic nitrogens is 2. The zero-order valence-electron chi connectivity index (χ0n) is 22.0. The van der Waals surface area contributed by atoms with Crippen LogP contribution in [-0.4, -0.2) is 54.8 Å². The lowest BCUT2D eigenvalue weighted by molar-refractivity contribution is 0.0896. The van der Waals surface area contributed by atoms with Crippen LogP contribution >= 0.6 is 0 Å². The van der Waals surface area contributed by atoms with Gasteiger partial charge in [0.2, 0.25) is 0 Å². The van der Waals surface area contributed by atoms with Crippen LogP contribution in [0, 0.1) is 25.5 Å². The van der Waals surface area contributed by atoms with Crippen molar-refractivity contribution in [2.24, 2.45) is 0 Å². The summed E-state index contributed by atoms with van der Waals surface area (Å²) in [5.74, 6) is -1.69. The van der Waals surface area contributed by atoms with E-state index in [1.165, 1.54) is 18.3 Å². The lowest BCUT2D eigenvalue weighted by Crippen LogP contribution is -2.42. The molecule has 1 spiro atoms. The van der Waals surface area contributed by atoms with Crippen molar-refractivity contribution in [2.45, 2.75) is 44.7 Å². The molecule has 1 aromatic carbocycles. The number of nitrogens with one attached hydrogen (secondary N) is 2. The Morgan fingerprint density at radius 3 is 2.53 bits per heavy atom. The van der Waals surface area contributed by atoms with E-state index < -0.39 is 17.7 Å². The standard InChI is InChI=1S/C29H33F2N5O2/c1-18-9-21(10-19(2)34-18)26(16-38-3)35-28(37)25-15-32-14-24(20-11-22(30)13-23(31)12-20)27(25)36-8-6-29(17-36)5-4-7-33-29/h9-15,26,33H,4-8,16-17H2,1-3H3,(H,35,37)/t26-,29+/m1/s1. The number of pyridine rings is 2. The SMILES string of the molecule is COC[C@@H](NC(=O)c1cncc(-c2cc(F)cc(F)c2)c1N1CC[C@@]2(CCCN2)C1)c1cc(C)nc(C)c1. The van der Waals surface area contributed by atoms with Gasteiger partial charge in [0, 0.05) is 61.1 Å². The van der Waals surface area contributed by atoms with Crippen LogP contribution in [0.25, 0.3) is 11.1 Å². The van der Waals surface area contributed by atoms with E-state index in [0.717, 1.165) is 48.8 Å². The van der Waals surface area contributed by atoms with Crippen molar-refractivity contribution in [3.8, 4) is 11.1 Å². The van der Waals surface area contributed by atoms with Gasteiger partial charge in [-0.3, -0.25) is 14.8 Å². The molecule has 2 atom stereocenters. The summed E-state index contributed by atoms with van der Waals surface area (Å²) in [7, 11) is 1.59. The molecule has 0 bridgehead atoms. The Bertz CT molecular complexity index is 1300. The fourth-order valence-corrected chi connectivity index (χ4v) is 5.85. The number of methoxy groups -OCH3 is 1. The first-order chi connectivity index (χ1) is 18.3. The molecule has 2 saturated heterocycles. The van der Waals surface area contributed by atoms with E-state index in [9.17, 15) is 13.6 Å². The van der Waals surface area contributed by atoms with Crippen molar-refractivity contribution < 1.29 is 18.3 Å². The number of ether oxygens (including phenoxy) is 1. The van der Waals surface area contributed by atoms with Gasteiger partial charge in [0.1, 0.15) is 11.6 Å². The Hall–Kier alpha value is -3.43.